The molecule has 5 nitrogen and oxygen atoms in total. The number of nitrogens with zero attached hydrogens (tertiary/aromatic N) is 2. The molecule has 1 unspecified atom stereocenters. The summed E-state index contributed by atoms with van der Waals surface area (Å²) in [6, 6.07) is 17.5. The molecule has 0 radical (unpaired) electrons. The van der Waals surface area contributed by atoms with E-state index in [1.165, 1.54) is 0 Å². The van der Waals surface area contributed by atoms with E-state index in [2.05, 4.69) is 15.3 Å². The lowest BCUT2D eigenvalue weighted by molar-refractivity contribution is 0.468. The summed E-state index contributed by atoms with van der Waals surface area (Å²) in [6.07, 6.45) is 3.23. The molecule has 2 aromatic carbocycles. The first-order valence-corrected chi connectivity index (χ1v) is 8.74. The maximum atomic E-state index is 10.9. The lowest BCUT2D eigenvalue weighted by atomic mass is 9.96. The van der Waals surface area contributed by atoms with Gasteiger partial charge in [0.25, 0.3) is 0 Å². The van der Waals surface area contributed by atoms with E-state index in [9.17, 15) is 10.2 Å². The Bertz CT molecular complexity index is 1100. The highest BCUT2D eigenvalue weighted by Gasteiger charge is 2.21. The Balaban J connectivity index is 1.86. The van der Waals surface area contributed by atoms with Gasteiger partial charge in [0.1, 0.15) is 11.3 Å². The number of benzene rings is 2. The molecule has 0 saturated heterocycles. The second-order valence-corrected chi connectivity index (χ2v) is 6.51. The Kier molecular flexibility index (Phi) is 4.52. The van der Waals surface area contributed by atoms with Crippen LogP contribution in [0.1, 0.15) is 17.2 Å². The fraction of sp³-hybridized carbons (Fsp3) is 0.0476. The van der Waals surface area contributed by atoms with Crippen molar-refractivity contribution in [3.05, 3.63) is 89.2 Å². The number of rotatable bonds is 4. The Morgan fingerprint density at radius 3 is 2.37 bits per heavy atom. The van der Waals surface area contributed by atoms with E-state index in [0.717, 1.165) is 10.9 Å². The molecule has 0 amide bonds. The van der Waals surface area contributed by atoms with E-state index in [-0.39, 0.29) is 11.5 Å². The Morgan fingerprint density at radius 2 is 1.59 bits per heavy atom. The SMILES string of the molecule is Oc1cccnc1NC(c1ccc(Cl)cc1)c1ccc2cccnc2c1O. The third-order valence-electron chi connectivity index (χ3n) is 4.36. The number of halogens is 1. The van der Waals surface area contributed by atoms with Gasteiger partial charge in [0.2, 0.25) is 0 Å². The smallest absolute Gasteiger partial charge is 0.169 e. The molecule has 134 valence electrons. The van der Waals surface area contributed by atoms with Gasteiger partial charge in [-0.05, 0) is 35.9 Å². The van der Waals surface area contributed by atoms with Crippen LogP contribution in [0.4, 0.5) is 5.82 Å². The topological polar surface area (TPSA) is 78.3 Å². The van der Waals surface area contributed by atoms with Crippen molar-refractivity contribution in [2.45, 2.75) is 6.04 Å². The minimum absolute atomic E-state index is 0.0230. The summed E-state index contributed by atoms with van der Waals surface area (Å²) >= 11 is 6.03. The number of fused-ring (bicyclic) bond motifs is 1. The van der Waals surface area contributed by atoms with Crippen LogP contribution >= 0.6 is 11.6 Å². The standard InChI is InChI=1S/C21H16ClN3O2/c22-15-8-5-14(6-9-15)18(25-21-17(26)4-2-12-24-21)16-10-7-13-3-1-11-23-19(13)20(16)27/h1-12,18,26-27H,(H,24,25). The normalized spacial score (nSPS) is 12.0. The molecule has 0 bridgehead atoms. The van der Waals surface area contributed by atoms with Crippen LogP contribution in [0.25, 0.3) is 10.9 Å². The quantitative estimate of drug-likeness (QED) is 0.471. The monoisotopic (exact) mass is 377 g/mol. The third-order valence-corrected chi connectivity index (χ3v) is 4.61. The number of aromatic nitrogens is 2. The predicted molar refractivity (Wildman–Crippen MR) is 106 cm³/mol. The molecular weight excluding hydrogens is 362 g/mol. The van der Waals surface area contributed by atoms with Gasteiger partial charge in [0.15, 0.2) is 11.6 Å². The summed E-state index contributed by atoms with van der Waals surface area (Å²) < 4.78 is 0. The first-order chi connectivity index (χ1) is 13.1. The van der Waals surface area contributed by atoms with Crippen LogP contribution in [0.3, 0.4) is 0 Å². The lowest BCUT2D eigenvalue weighted by Gasteiger charge is -2.22. The maximum absolute atomic E-state index is 10.9. The summed E-state index contributed by atoms with van der Waals surface area (Å²) in [6.45, 7) is 0. The second kappa shape index (κ2) is 7.13. The highest BCUT2D eigenvalue weighted by molar-refractivity contribution is 6.30. The van der Waals surface area contributed by atoms with Crippen molar-refractivity contribution in [1.29, 1.82) is 0 Å². The molecule has 27 heavy (non-hydrogen) atoms. The molecule has 0 aliphatic heterocycles. The maximum Gasteiger partial charge on any atom is 0.169 e. The molecule has 0 spiro atoms. The van der Waals surface area contributed by atoms with Crippen LogP contribution in [-0.2, 0) is 0 Å². The van der Waals surface area contributed by atoms with Crippen LogP contribution in [-0.4, -0.2) is 20.2 Å². The van der Waals surface area contributed by atoms with Crippen LogP contribution in [0, 0.1) is 0 Å². The van der Waals surface area contributed by atoms with Crippen molar-refractivity contribution in [3.63, 3.8) is 0 Å². The molecule has 4 rings (SSSR count). The van der Waals surface area contributed by atoms with E-state index in [4.69, 9.17) is 11.6 Å². The molecule has 4 aromatic rings. The molecule has 3 N–H and O–H groups in total. The number of hydrogen-bond acceptors (Lipinski definition) is 5. The Hall–Kier alpha value is -3.31. The first kappa shape index (κ1) is 17.1. The average Bonchev–Trinajstić information content (AvgIpc) is 2.69. The van der Waals surface area contributed by atoms with Crippen molar-refractivity contribution in [2.75, 3.05) is 5.32 Å². The molecule has 6 heteroatoms. The molecule has 1 atom stereocenters. The van der Waals surface area contributed by atoms with E-state index >= 15 is 0 Å². The number of hydrogen-bond donors (Lipinski definition) is 3. The van der Waals surface area contributed by atoms with Gasteiger partial charge in [0.05, 0.1) is 6.04 Å². The van der Waals surface area contributed by atoms with Gasteiger partial charge in [-0.2, -0.15) is 0 Å². The number of phenols is 1. The van der Waals surface area contributed by atoms with Crippen molar-refractivity contribution in [1.82, 2.24) is 9.97 Å². The van der Waals surface area contributed by atoms with Gasteiger partial charge in [-0.15, -0.1) is 0 Å². The predicted octanol–water partition coefficient (Wildman–Crippen LogP) is 4.90. The zero-order chi connectivity index (χ0) is 18.8. The lowest BCUT2D eigenvalue weighted by Crippen LogP contribution is -2.14. The molecular formula is C21H16ClN3O2. The van der Waals surface area contributed by atoms with Gasteiger partial charge in [-0.1, -0.05) is 41.9 Å². The molecule has 0 aliphatic carbocycles. The molecule has 0 fully saturated rings. The fourth-order valence-corrected chi connectivity index (χ4v) is 3.14. The van der Waals surface area contributed by atoms with Crippen molar-refractivity contribution >= 4 is 28.3 Å². The second-order valence-electron chi connectivity index (χ2n) is 6.08. The van der Waals surface area contributed by atoms with Crippen LogP contribution < -0.4 is 5.32 Å². The van der Waals surface area contributed by atoms with Gasteiger partial charge in [0, 0.05) is 28.4 Å². The highest BCUT2D eigenvalue weighted by Crippen LogP contribution is 2.37. The van der Waals surface area contributed by atoms with E-state index in [0.29, 0.717) is 21.9 Å². The highest BCUT2D eigenvalue weighted by atomic mass is 35.5. The van der Waals surface area contributed by atoms with Crippen molar-refractivity contribution in [3.8, 4) is 11.5 Å². The molecule has 0 saturated carbocycles. The largest absolute Gasteiger partial charge is 0.505 e. The number of phenolic OH excluding ortho intramolecular Hbond substituents is 1. The van der Waals surface area contributed by atoms with E-state index in [1.54, 1.807) is 36.7 Å². The van der Waals surface area contributed by atoms with E-state index < -0.39 is 6.04 Å². The van der Waals surface area contributed by atoms with Gasteiger partial charge >= 0.3 is 0 Å². The number of aromatic hydroxyl groups is 2. The minimum atomic E-state index is -0.463. The van der Waals surface area contributed by atoms with Gasteiger partial charge < -0.3 is 15.5 Å². The summed E-state index contributed by atoms with van der Waals surface area (Å²) in [4.78, 5) is 8.49. The summed E-state index contributed by atoms with van der Waals surface area (Å²) in [5.74, 6) is 0.420. The van der Waals surface area contributed by atoms with Gasteiger partial charge in [-0.25, -0.2) is 4.98 Å². The number of pyridine rings is 2. The zero-order valence-electron chi connectivity index (χ0n) is 14.2. The van der Waals surface area contributed by atoms with Crippen molar-refractivity contribution in [2.24, 2.45) is 0 Å². The Labute approximate surface area is 160 Å². The summed E-state index contributed by atoms with van der Waals surface area (Å²) in [7, 11) is 0. The van der Waals surface area contributed by atoms with Crippen molar-refractivity contribution < 1.29 is 10.2 Å². The molecule has 0 aliphatic rings. The summed E-state index contributed by atoms with van der Waals surface area (Å²) in [5, 5.41) is 25.7. The van der Waals surface area contributed by atoms with E-state index in [1.807, 2.05) is 36.4 Å². The molecule has 2 heterocycles. The van der Waals surface area contributed by atoms with Crippen LogP contribution in [0.5, 0.6) is 11.5 Å². The summed E-state index contributed by atoms with van der Waals surface area (Å²) in [5.41, 5.74) is 1.99. The fourth-order valence-electron chi connectivity index (χ4n) is 3.02. The molecule has 2 aromatic heterocycles. The third kappa shape index (κ3) is 3.37. The van der Waals surface area contributed by atoms with Crippen LogP contribution in [0.15, 0.2) is 73.1 Å². The Morgan fingerprint density at radius 1 is 0.852 bits per heavy atom. The first-order valence-electron chi connectivity index (χ1n) is 8.36. The zero-order valence-corrected chi connectivity index (χ0v) is 14.9. The number of anilines is 1. The minimum Gasteiger partial charge on any atom is -0.505 e. The average molecular weight is 378 g/mol. The van der Waals surface area contributed by atoms with Crippen LogP contribution in [0.2, 0.25) is 5.02 Å². The van der Waals surface area contributed by atoms with Gasteiger partial charge in [-0.3, -0.25) is 4.98 Å². The number of nitrogens with one attached hydrogen (secondary N) is 1.